The highest BCUT2D eigenvalue weighted by molar-refractivity contribution is 6.03. The quantitative estimate of drug-likeness (QED) is 0.423. The van der Waals surface area contributed by atoms with Crippen LogP contribution in [-0.2, 0) is 6.42 Å². The number of aryl methyl sites for hydroxylation is 2. The number of aromatic nitrogens is 2. The Labute approximate surface area is 148 Å². The summed E-state index contributed by atoms with van der Waals surface area (Å²) >= 11 is 0. The molecule has 124 valence electrons. The maximum absolute atomic E-state index is 4.99. The van der Waals surface area contributed by atoms with Gasteiger partial charge in [-0.2, -0.15) is 0 Å². The summed E-state index contributed by atoms with van der Waals surface area (Å²) in [5, 5.41) is 2.30. The highest BCUT2D eigenvalue weighted by Crippen LogP contribution is 2.28. The fourth-order valence-electron chi connectivity index (χ4n) is 3.32. The van der Waals surface area contributed by atoms with Crippen LogP contribution in [0.1, 0.15) is 31.0 Å². The van der Waals surface area contributed by atoms with Crippen molar-refractivity contribution in [2.75, 3.05) is 0 Å². The fraction of sp³-hybridized carbons (Fsp3) is 0.217. The summed E-state index contributed by atoms with van der Waals surface area (Å²) in [6, 6.07) is 21.3. The molecule has 0 aliphatic rings. The second-order valence-corrected chi connectivity index (χ2v) is 6.63. The first-order chi connectivity index (χ1) is 12.3. The number of unbranched alkanes of at least 4 members (excludes halogenated alkanes) is 1. The number of hydrogen-bond acceptors (Lipinski definition) is 2. The molecule has 0 atom stereocenters. The Balaban J connectivity index is 1.92. The van der Waals surface area contributed by atoms with Gasteiger partial charge in [-0.1, -0.05) is 61.9 Å². The van der Waals surface area contributed by atoms with Gasteiger partial charge < -0.3 is 0 Å². The van der Waals surface area contributed by atoms with Gasteiger partial charge in [0.2, 0.25) is 0 Å². The van der Waals surface area contributed by atoms with Crippen LogP contribution >= 0.6 is 0 Å². The minimum absolute atomic E-state index is 0.997. The van der Waals surface area contributed by atoms with Crippen LogP contribution in [0.25, 0.3) is 33.1 Å². The largest absolute Gasteiger partial charge is 0.251 e. The predicted octanol–water partition coefficient (Wildman–Crippen LogP) is 6.10. The zero-order chi connectivity index (χ0) is 17.2. The molecule has 0 amide bonds. The van der Waals surface area contributed by atoms with Gasteiger partial charge in [-0.05, 0) is 37.5 Å². The first-order valence-corrected chi connectivity index (χ1v) is 9.01. The Hall–Kier alpha value is -2.74. The van der Waals surface area contributed by atoms with Crippen LogP contribution in [0.3, 0.4) is 0 Å². The van der Waals surface area contributed by atoms with E-state index in [0.29, 0.717) is 0 Å². The molecule has 2 aromatic heterocycles. The Morgan fingerprint density at radius 2 is 1.44 bits per heavy atom. The Kier molecular flexibility index (Phi) is 4.19. The lowest BCUT2D eigenvalue weighted by atomic mass is 10.0. The van der Waals surface area contributed by atoms with Crippen LogP contribution in [0.15, 0.2) is 60.7 Å². The summed E-state index contributed by atoms with van der Waals surface area (Å²) in [7, 11) is 0. The molecule has 2 nitrogen and oxygen atoms in total. The Morgan fingerprint density at radius 3 is 2.20 bits per heavy atom. The van der Waals surface area contributed by atoms with E-state index >= 15 is 0 Å². The van der Waals surface area contributed by atoms with Gasteiger partial charge in [0.1, 0.15) is 0 Å². The SMILES string of the molecule is CCCCc1ccc2ccc3ccc(-c4ccccc4C)nc3c2n1. The first kappa shape index (κ1) is 15.8. The fourth-order valence-corrected chi connectivity index (χ4v) is 3.32. The molecule has 2 heterocycles. The predicted molar refractivity (Wildman–Crippen MR) is 106 cm³/mol. The van der Waals surface area contributed by atoms with E-state index in [2.05, 4.69) is 74.5 Å². The van der Waals surface area contributed by atoms with Crippen LogP contribution in [0.4, 0.5) is 0 Å². The smallest absolute Gasteiger partial charge is 0.0972 e. The zero-order valence-corrected chi connectivity index (χ0v) is 14.8. The number of rotatable bonds is 4. The summed E-state index contributed by atoms with van der Waals surface area (Å²) in [6.07, 6.45) is 3.39. The standard InChI is InChI=1S/C23H22N2/c1-3-4-8-19-14-12-17-10-11-18-13-15-21(25-23(18)22(17)24-19)20-9-6-5-7-16(20)2/h5-7,9-15H,3-4,8H2,1-2H3. The van der Waals surface area contributed by atoms with E-state index in [0.717, 1.165) is 39.6 Å². The van der Waals surface area contributed by atoms with E-state index in [-0.39, 0.29) is 0 Å². The van der Waals surface area contributed by atoms with Crippen LogP contribution in [-0.4, -0.2) is 9.97 Å². The van der Waals surface area contributed by atoms with E-state index in [1.165, 1.54) is 24.0 Å². The Bertz CT molecular complexity index is 1050. The van der Waals surface area contributed by atoms with Crippen molar-refractivity contribution in [3.05, 3.63) is 71.9 Å². The second kappa shape index (κ2) is 6.64. The molecule has 0 unspecified atom stereocenters. The third-order valence-corrected chi connectivity index (χ3v) is 4.78. The van der Waals surface area contributed by atoms with Crippen molar-refractivity contribution in [1.29, 1.82) is 0 Å². The van der Waals surface area contributed by atoms with Gasteiger partial charge in [-0.3, -0.25) is 4.98 Å². The third-order valence-electron chi connectivity index (χ3n) is 4.78. The zero-order valence-electron chi connectivity index (χ0n) is 14.8. The summed E-state index contributed by atoms with van der Waals surface area (Å²) in [6.45, 7) is 4.35. The van der Waals surface area contributed by atoms with E-state index in [1.807, 2.05) is 0 Å². The van der Waals surface area contributed by atoms with Gasteiger partial charge in [0.25, 0.3) is 0 Å². The van der Waals surface area contributed by atoms with E-state index in [1.54, 1.807) is 0 Å². The number of pyridine rings is 2. The molecule has 0 N–H and O–H groups in total. The van der Waals surface area contributed by atoms with Crippen molar-refractivity contribution in [3.8, 4) is 11.3 Å². The topological polar surface area (TPSA) is 25.8 Å². The van der Waals surface area contributed by atoms with E-state index in [9.17, 15) is 0 Å². The maximum atomic E-state index is 4.99. The van der Waals surface area contributed by atoms with Crippen molar-refractivity contribution in [2.24, 2.45) is 0 Å². The minimum Gasteiger partial charge on any atom is -0.251 e. The highest BCUT2D eigenvalue weighted by Gasteiger charge is 2.08. The number of fused-ring (bicyclic) bond motifs is 3. The van der Waals surface area contributed by atoms with Gasteiger partial charge in [-0.25, -0.2) is 4.98 Å². The summed E-state index contributed by atoms with van der Waals surface area (Å²) < 4.78 is 0. The lowest BCUT2D eigenvalue weighted by Crippen LogP contribution is -1.94. The molecule has 4 rings (SSSR count). The lowest BCUT2D eigenvalue weighted by Gasteiger charge is -2.09. The number of benzene rings is 2. The van der Waals surface area contributed by atoms with Crippen molar-refractivity contribution < 1.29 is 0 Å². The average molecular weight is 326 g/mol. The molecule has 25 heavy (non-hydrogen) atoms. The second-order valence-electron chi connectivity index (χ2n) is 6.63. The van der Waals surface area contributed by atoms with Crippen molar-refractivity contribution >= 4 is 21.8 Å². The van der Waals surface area contributed by atoms with Crippen LogP contribution in [0, 0.1) is 6.92 Å². The van der Waals surface area contributed by atoms with Gasteiger partial charge in [0.05, 0.1) is 16.7 Å². The van der Waals surface area contributed by atoms with Gasteiger partial charge >= 0.3 is 0 Å². The third kappa shape index (κ3) is 3.00. The molecule has 0 radical (unpaired) electrons. The number of nitrogens with zero attached hydrogens (tertiary/aromatic N) is 2. The molecular weight excluding hydrogens is 304 g/mol. The molecule has 4 aromatic rings. The summed E-state index contributed by atoms with van der Waals surface area (Å²) in [5.41, 5.74) is 6.61. The van der Waals surface area contributed by atoms with Crippen molar-refractivity contribution in [2.45, 2.75) is 33.1 Å². The van der Waals surface area contributed by atoms with E-state index in [4.69, 9.17) is 9.97 Å². The van der Waals surface area contributed by atoms with Crippen molar-refractivity contribution in [1.82, 2.24) is 9.97 Å². The molecule has 0 aliphatic heterocycles. The van der Waals surface area contributed by atoms with Gasteiger partial charge in [0.15, 0.2) is 0 Å². The average Bonchev–Trinajstić information content (AvgIpc) is 2.66. The van der Waals surface area contributed by atoms with Crippen LogP contribution < -0.4 is 0 Å². The Morgan fingerprint density at radius 1 is 0.760 bits per heavy atom. The highest BCUT2D eigenvalue weighted by atomic mass is 14.8. The molecule has 2 heteroatoms. The molecule has 0 saturated heterocycles. The first-order valence-electron chi connectivity index (χ1n) is 9.01. The number of hydrogen-bond donors (Lipinski definition) is 0. The van der Waals surface area contributed by atoms with Crippen LogP contribution in [0.2, 0.25) is 0 Å². The summed E-state index contributed by atoms with van der Waals surface area (Å²) in [4.78, 5) is 9.93. The van der Waals surface area contributed by atoms with Gasteiger partial charge in [-0.15, -0.1) is 0 Å². The molecular formula is C23H22N2. The molecule has 0 bridgehead atoms. The van der Waals surface area contributed by atoms with Crippen molar-refractivity contribution in [3.63, 3.8) is 0 Å². The maximum Gasteiger partial charge on any atom is 0.0972 e. The monoisotopic (exact) mass is 326 g/mol. The van der Waals surface area contributed by atoms with E-state index < -0.39 is 0 Å². The molecule has 0 saturated carbocycles. The molecule has 0 spiro atoms. The van der Waals surface area contributed by atoms with Crippen LogP contribution in [0.5, 0.6) is 0 Å². The normalized spacial score (nSPS) is 11.3. The lowest BCUT2D eigenvalue weighted by molar-refractivity contribution is 0.780. The molecule has 0 aliphatic carbocycles. The van der Waals surface area contributed by atoms with Gasteiger partial charge in [0, 0.05) is 22.0 Å². The summed E-state index contributed by atoms with van der Waals surface area (Å²) in [5.74, 6) is 0. The minimum atomic E-state index is 0.997. The molecule has 0 fully saturated rings. The molecule has 2 aromatic carbocycles.